The topological polar surface area (TPSA) is 74.2 Å². The first-order valence-corrected chi connectivity index (χ1v) is 8.65. The summed E-state index contributed by atoms with van der Waals surface area (Å²) in [6.45, 7) is 6.01. The second-order valence-corrected chi connectivity index (χ2v) is 6.24. The van der Waals surface area contributed by atoms with E-state index in [-0.39, 0.29) is 11.7 Å². The minimum atomic E-state index is -0.280. The van der Waals surface area contributed by atoms with E-state index in [9.17, 15) is 9.90 Å². The van der Waals surface area contributed by atoms with Crippen molar-refractivity contribution in [2.75, 3.05) is 26.3 Å². The third kappa shape index (κ3) is 4.68. The van der Waals surface area contributed by atoms with Crippen LogP contribution >= 0.6 is 0 Å². The van der Waals surface area contributed by atoms with Crippen molar-refractivity contribution in [1.29, 1.82) is 0 Å². The highest BCUT2D eigenvalue weighted by Crippen LogP contribution is 2.16. The van der Waals surface area contributed by atoms with Gasteiger partial charge in [0.15, 0.2) is 0 Å². The van der Waals surface area contributed by atoms with Gasteiger partial charge in [-0.05, 0) is 36.8 Å². The number of morpholine rings is 1. The van der Waals surface area contributed by atoms with Crippen LogP contribution in [0, 0.1) is 0 Å². The summed E-state index contributed by atoms with van der Waals surface area (Å²) in [4.78, 5) is 14.6. The van der Waals surface area contributed by atoms with Crippen LogP contribution in [0.1, 0.15) is 28.4 Å². The van der Waals surface area contributed by atoms with Gasteiger partial charge in [-0.2, -0.15) is 5.10 Å². The molecule has 0 aromatic heterocycles. The molecule has 0 atom stereocenters. The maximum absolute atomic E-state index is 12.3. The molecule has 1 aliphatic rings. The van der Waals surface area contributed by atoms with Gasteiger partial charge in [0.25, 0.3) is 5.91 Å². The van der Waals surface area contributed by atoms with E-state index in [2.05, 4.69) is 15.4 Å². The molecular formula is C20H23N3O3. The molecule has 1 saturated heterocycles. The van der Waals surface area contributed by atoms with Gasteiger partial charge >= 0.3 is 0 Å². The number of para-hydroxylation sites is 1. The number of rotatable bonds is 5. The lowest BCUT2D eigenvalue weighted by Crippen LogP contribution is -2.35. The SMILES string of the molecule is C/C(=N\NC(=O)c1ccc(CN2CCOCC2)cc1)c1ccccc1O. The molecule has 3 rings (SSSR count). The Morgan fingerprint density at radius 1 is 1.15 bits per heavy atom. The van der Waals surface area contributed by atoms with Crippen molar-refractivity contribution < 1.29 is 14.6 Å². The first kappa shape index (κ1) is 18.1. The molecule has 0 spiro atoms. The first-order chi connectivity index (χ1) is 12.6. The van der Waals surface area contributed by atoms with E-state index in [1.165, 1.54) is 0 Å². The molecule has 2 N–H and O–H groups in total. The minimum Gasteiger partial charge on any atom is -0.507 e. The molecule has 1 amide bonds. The molecule has 2 aromatic rings. The molecule has 0 saturated carbocycles. The Bertz CT molecular complexity index is 781. The van der Waals surface area contributed by atoms with Crippen LogP contribution in [0.5, 0.6) is 5.75 Å². The molecule has 1 heterocycles. The smallest absolute Gasteiger partial charge is 0.271 e. The Hall–Kier alpha value is -2.70. The number of carbonyl (C=O) groups is 1. The average Bonchev–Trinajstić information content (AvgIpc) is 2.67. The fourth-order valence-electron chi connectivity index (χ4n) is 2.82. The van der Waals surface area contributed by atoms with Crippen LogP contribution in [0.2, 0.25) is 0 Å². The number of carbonyl (C=O) groups excluding carboxylic acids is 1. The number of ether oxygens (including phenoxy) is 1. The van der Waals surface area contributed by atoms with Gasteiger partial charge in [0, 0.05) is 30.8 Å². The van der Waals surface area contributed by atoms with E-state index >= 15 is 0 Å². The largest absolute Gasteiger partial charge is 0.507 e. The average molecular weight is 353 g/mol. The van der Waals surface area contributed by atoms with Crippen molar-refractivity contribution in [2.24, 2.45) is 5.10 Å². The van der Waals surface area contributed by atoms with Crippen LogP contribution in [-0.2, 0) is 11.3 Å². The zero-order valence-corrected chi connectivity index (χ0v) is 14.8. The summed E-state index contributed by atoms with van der Waals surface area (Å²) < 4.78 is 5.35. The number of hydrogen-bond acceptors (Lipinski definition) is 5. The lowest BCUT2D eigenvalue weighted by atomic mass is 10.1. The van der Waals surface area contributed by atoms with Gasteiger partial charge in [-0.15, -0.1) is 0 Å². The second kappa shape index (κ2) is 8.60. The quantitative estimate of drug-likeness (QED) is 0.639. The van der Waals surface area contributed by atoms with Crippen molar-refractivity contribution >= 4 is 11.6 Å². The standard InChI is InChI=1S/C20H23N3O3/c1-15(18-4-2-3-5-19(18)24)21-22-20(25)17-8-6-16(7-9-17)14-23-10-12-26-13-11-23/h2-9,24H,10-14H2,1H3,(H,22,25)/b21-15+. The summed E-state index contributed by atoms with van der Waals surface area (Å²) in [5.74, 6) is -0.145. The fraction of sp³-hybridized carbons (Fsp3) is 0.300. The second-order valence-electron chi connectivity index (χ2n) is 6.24. The predicted octanol–water partition coefficient (Wildman–Crippen LogP) is 2.38. The monoisotopic (exact) mass is 353 g/mol. The number of nitrogens with one attached hydrogen (secondary N) is 1. The molecular weight excluding hydrogens is 330 g/mol. The van der Waals surface area contributed by atoms with Crippen LogP contribution in [-0.4, -0.2) is 47.9 Å². The zero-order valence-electron chi connectivity index (χ0n) is 14.8. The van der Waals surface area contributed by atoms with Gasteiger partial charge < -0.3 is 9.84 Å². The number of nitrogens with zero attached hydrogens (tertiary/aromatic N) is 2. The Kier molecular flexibility index (Phi) is 5.99. The van der Waals surface area contributed by atoms with E-state index in [0.717, 1.165) is 38.4 Å². The van der Waals surface area contributed by atoms with Crippen molar-refractivity contribution in [3.05, 3.63) is 65.2 Å². The molecule has 1 aliphatic heterocycles. The predicted molar refractivity (Wildman–Crippen MR) is 100 cm³/mol. The Morgan fingerprint density at radius 3 is 2.54 bits per heavy atom. The molecule has 0 radical (unpaired) electrons. The molecule has 0 unspecified atom stereocenters. The Labute approximate surface area is 153 Å². The lowest BCUT2D eigenvalue weighted by Gasteiger charge is -2.26. The highest BCUT2D eigenvalue weighted by molar-refractivity contribution is 6.02. The number of aromatic hydroxyl groups is 1. The summed E-state index contributed by atoms with van der Waals surface area (Å²) in [7, 11) is 0. The molecule has 1 fully saturated rings. The Balaban J connectivity index is 1.59. The van der Waals surface area contributed by atoms with Crippen LogP contribution in [0.4, 0.5) is 0 Å². The van der Waals surface area contributed by atoms with E-state index in [4.69, 9.17) is 4.74 Å². The summed E-state index contributed by atoms with van der Waals surface area (Å²) in [6, 6.07) is 14.4. The van der Waals surface area contributed by atoms with E-state index in [1.54, 1.807) is 37.3 Å². The molecule has 6 heteroatoms. The summed E-state index contributed by atoms with van der Waals surface area (Å²) in [5.41, 5.74) is 5.38. The van der Waals surface area contributed by atoms with E-state index < -0.39 is 0 Å². The van der Waals surface area contributed by atoms with E-state index in [1.807, 2.05) is 18.2 Å². The lowest BCUT2D eigenvalue weighted by molar-refractivity contribution is 0.0342. The summed E-state index contributed by atoms with van der Waals surface area (Å²) in [5, 5.41) is 13.9. The molecule has 6 nitrogen and oxygen atoms in total. The maximum atomic E-state index is 12.3. The third-order valence-corrected chi connectivity index (χ3v) is 4.35. The normalized spacial score (nSPS) is 15.7. The first-order valence-electron chi connectivity index (χ1n) is 8.65. The minimum absolute atomic E-state index is 0.135. The number of amides is 1. The van der Waals surface area contributed by atoms with Crippen molar-refractivity contribution in [3.8, 4) is 5.75 Å². The van der Waals surface area contributed by atoms with Crippen LogP contribution < -0.4 is 5.43 Å². The van der Waals surface area contributed by atoms with Gasteiger partial charge in [0.1, 0.15) is 5.75 Å². The molecule has 136 valence electrons. The zero-order chi connectivity index (χ0) is 18.4. The van der Waals surface area contributed by atoms with Crippen LogP contribution in [0.15, 0.2) is 53.6 Å². The fourth-order valence-corrected chi connectivity index (χ4v) is 2.82. The number of phenols is 1. The summed E-state index contributed by atoms with van der Waals surface area (Å²) >= 11 is 0. The highest BCUT2D eigenvalue weighted by atomic mass is 16.5. The molecule has 26 heavy (non-hydrogen) atoms. The van der Waals surface area contributed by atoms with Crippen molar-refractivity contribution in [1.82, 2.24) is 10.3 Å². The molecule has 0 aliphatic carbocycles. The number of hydrazone groups is 1. The highest BCUT2D eigenvalue weighted by Gasteiger charge is 2.11. The van der Waals surface area contributed by atoms with Crippen LogP contribution in [0.25, 0.3) is 0 Å². The summed E-state index contributed by atoms with van der Waals surface area (Å²) in [6.07, 6.45) is 0. The number of hydrogen-bond donors (Lipinski definition) is 2. The Morgan fingerprint density at radius 2 is 1.85 bits per heavy atom. The number of phenolic OH excluding ortho intramolecular Hbond substituents is 1. The van der Waals surface area contributed by atoms with Crippen LogP contribution in [0.3, 0.4) is 0 Å². The molecule has 0 bridgehead atoms. The van der Waals surface area contributed by atoms with Gasteiger partial charge in [0.05, 0.1) is 18.9 Å². The maximum Gasteiger partial charge on any atom is 0.271 e. The van der Waals surface area contributed by atoms with Crippen molar-refractivity contribution in [2.45, 2.75) is 13.5 Å². The van der Waals surface area contributed by atoms with Gasteiger partial charge in [-0.1, -0.05) is 24.3 Å². The van der Waals surface area contributed by atoms with Gasteiger partial charge in [-0.25, -0.2) is 5.43 Å². The van der Waals surface area contributed by atoms with Crippen molar-refractivity contribution in [3.63, 3.8) is 0 Å². The number of benzene rings is 2. The molecule has 2 aromatic carbocycles. The van der Waals surface area contributed by atoms with E-state index in [0.29, 0.717) is 16.8 Å². The van der Waals surface area contributed by atoms with Gasteiger partial charge in [-0.3, -0.25) is 9.69 Å². The van der Waals surface area contributed by atoms with Gasteiger partial charge in [0.2, 0.25) is 0 Å². The third-order valence-electron chi connectivity index (χ3n) is 4.35.